The van der Waals surface area contributed by atoms with E-state index in [-0.39, 0.29) is 24.0 Å². The summed E-state index contributed by atoms with van der Waals surface area (Å²) in [6.45, 7) is 9.46. The van der Waals surface area contributed by atoms with Crippen molar-refractivity contribution >= 4 is 11.9 Å². The zero-order valence-corrected chi connectivity index (χ0v) is 13.3. The third-order valence-corrected chi connectivity index (χ3v) is 3.63. The average Bonchev–Trinajstić information content (AvgIpc) is 2.81. The van der Waals surface area contributed by atoms with Crippen LogP contribution in [0.2, 0.25) is 0 Å². The first-order valence-corrected chi connectivity index (χ1v) is 7.17. The molecule has 1 rings (SSSR count). The van der Waals surface area contributed by atoms with Crippen molar-refractivity contribution < 1.29 is 9.59 Å². The Labute approximate surface area is 121 Å². The second-order valence-corrected chi connectivity index (χ2v) is 6.63. The lowest BCUT2D eigenvalue weighted by molar-refractivity contribution is -0.120. The third kappa shape index (κ3) is 5.36. The molecule has 6 heteroatoms. The van der Waals surface area contributed by atoms with Crippen LogP contribution >= 0.6 is 0 Å². The van der Waals surface area contributed by atoms with Crippen LogP contribution in [0.1, 0.15) is 27.2 Å². The summed E-state index contributed by atoms with van der Waals surface area (Å²) in [7, 11) is 3.29. The Kier molecular flexibility index (Phi) is 5.80. The molecule has 1 aliphatic heterocycles. The van der Waals surface area contributed by atoms with Crippen LogP contribution in [0.5, 0.6) is 0 Å². The molecule has 0 bridgehead atoms. The van der Waals surface area contributed by atoms with E-state index in [1.165, 1.54) is 4.90 Å². The van der Waals surface area contributed by atoms with Gasteiger partial charge in [0.15, 0.2) is 0 Å². The fourth-order valence-corrected chi connectivity index (χ4v) is 2.24. The lowest BCUT2D eigenvalue weighted by Crippen LogP contribution is -2.43. The molecule has 6 nitrogen and oxygen atoms in total. The van der Waals surface area contributed by atoms with Crippen LogP contribution in [0, 0.1) is 5.92 Å². The van der Waals surface area contributed by atoms with Crippen molar-refractivity contribution in [1.29, 1.82) is 0 Å². The summed E-state index contributed by atoms with van der Waals surface area (Å²) in [6, 6.07) is -0.250. The van der Waals surface area contributed by atoms with Crippen molar-refractivity contribution in [3.63, 3.8) is 0 Å². The van der Waals surface area contributed by atoms with Crippen LogP contribution in [0.25, 0.3) is 0 Å². The summed E-state index contributed by atoms with van der Waals surface area (Å²) in [5.41, 5.74) is 0.193. The van der Waals surface area contributed by atoms with Crippen molar-refractivity contribution in [2.24, 2.45) is 5.92 Å². The Bertz CT molecular complexity index is 350. The molecule has 1 atom stereocenters. The van der Waals surface area contributed by atoms with Gasteiger partial charge in [0, 0.05) is 32.7 Å². The minimum atomic E-state index is -0.250. The molecule has 3 amide bonds. The number of nitrogens with one attached hydrogen (secondary N) is 2. The van der Waals surface area contributed by atoms with Gasteiger partial charge in [0.1, 0.15) is 0 Å². The smallest absolute Gasteiger partial charge is 0.317 e. The maximum Gasteiger partial charge on any atom is 0.317 e. The molecule has 1 saturated heterocycles. The van der Waals surface area contributed by atoms with Crippen molar-refractivity contribution in [1.82, 2.24) is 20.4 Å². The van der Waals surface area contributed by atoms with Crippen LogP contribution in [0.3, 0.4) is 0 Å². The van der Waals surface area contributed by atoms with E-state index in [0.717, 1.165) is 19.5 Å². The van der Waals surface area contributed by atoms with Crippen molar-refractivity contribution in [2.45, 2.75) is 32.7 Å². The van der Waals surface area contributed by atoms with Gasteiger partial charge in [-0.3, -0.25) is 9.69 Å². The van der Waals surface area contributed by atoms with Gasteiger partial charge >= 0.3 is 6.03 Å². The van der Waals surface area contributed by atoms with Crippen LogP contribution in [-0.4, -0.2) is 67.6 Å². The maximum absolute atomic E-state index is 11.6. The van der Waals surface area contributed by atoms with Crippen LogP contribution in [0.4, 0.5) is 4.79 Å². The second-order valence-electron chi connectivity index (χ2n) is 6.63. The Morgan fingerprint density at radius 3 is 2.40 bits per heavy atom. The minimum Gasteiger partial charge on any atom is -0.354 e. The molecular weight excluding hydrogens is 256 g/mol. The molecule has 0 radical (unpaired) electrons. The molecule has 0 spiro atoms. The SMILES string of the molecule is CN(C)C(=O)NCC(=O)NC[C@H]1CCN(C(C)(C)C)C1. The van der Waals surface area contributed by atoms with Crippen LogP contribution in [0.15, 0.2) is 0 Å². The molecule has 0 saturated carbocycles. The van der Waals surface area contributed by atoms with Crippen LogP contribution in [-0.2, 0) is 4.79 Å². The fourth-order valence-electron chi connectivity index (χ4n) is 2.24. The highest BCUT2D eigenvalue weighted by atomic mass is 16.2. The quantitative estimate of drug-likeness (QED) is 0.790. The number of hydrogen-bond donors (Lipinski definition) is 2. The number of likely N-dealkylation sites (tertiary alicyclic amines) is 1. The molecule has 116 valence electrons. The van der Waals surface area contributed by atoms with Crippen LogP contribution < -0.4 is 10.6 Å². The number of hydrogen-bond acceptors (Lipinski definition) is 3. The van der Waals surface area contributed by atoms with E-state index < -0.39 is 0 Å². The molecule has 20 heavy (non-hydrogen) atoms. The monoisotopic (exact) mass is 284 g/mol. The van der Waals surface area contributed by atoms with Gasteiger partial charge in [0.25, 0.3) is 0 Å². The van der Waals surface area contributed by atoms with Crippen molar-refractivity contribution in [2.75, 3.05) is 40.3 Å². The summed E-state index contributed by atoms with van der Waals surface area (Å²) < 4.78 is 0. The standard InChI is InChI=1S/C14H28N4O2/c1-14(2,3)18-7-6-11(10-18)8-15-12(19)9-16-13(20)17(4)5/h11H,6-10H2,1-5H3,(H,15,19)(H,16,20)/t11-/m1/s1. The van der Waals surface area contributed by atoms with E-state index in [1.54, 1.807) is 14.1 Å². The van der Waals surface area contributed by atoms with E-state index in [9.17, 15) is 9.59 Å². The highest BCUT2D eigenvalue weighted by Gasteiger charge is 2.30. The summed E-state index contributed by atoms with van der Waals surface area (Å²) in [6.07, 6.45) is 1.11. The largest absolute Gasteiger partial charge is 0.354 e. The number of carbonyl (C=O) groups excluding carboxylic acids is 2. The molecule has 1 aliphatic rings. The number of amides is 3. The van der Waals surface area contributed by atoms with Gasteiger partial charge in [-0.05, 0) is 39.7 Å². The fraction of sp³-hybridized carbons (Fsp3) is 0.857. The van der Waals surface area contributed by atoms with Crippen molar-refractivity contribution in [3.05, 3.63) is 0 Å². The molecule has 0 unspecified atom stereocenters. The Morgan fingerprint density at radius 2 is 1.90 bits per heavy atom. The summed E-state index contributed by atoms with van der Waals surface area (Å²) in [5, 5.41) is 5.45. The molecule has 0 aliphatic carbocycles. The maximum atomic E-state index is 11.6. The number of rotatable bonds is 4. The topological polar surface area (TPSA) is 64.7 Å². The molecule has 0 aromatic rings. The predicted octanol–water partition coefficient (Wildman–Crippen LogP) is 0.494. The summed E-state index contributed by atoms with van der Waals surface area (Å²) in [4.78, 5) is 26.8. The lowest BCUT2D eigenvalue weighted by Gasteiger charge is -2.31. The summed E-state index contributed by atoms with van der Waals surface area (Å²) >= 11 is 0. The first kappa shape index (κ1) is 16.8. The lowest BCUT2D eigenvalue weighted by atomic mass is 10.1. The Balaban J connectivity index is 2.21. The molecular formula is C14H28N4O2. The first-order chi connectivity index (χ1) is 9.20. The molecule has 1 heterocycles. The Hall–Kier alpha value is -1.30. The number of nitrogens with zero attached hydrogens (tertiary/aromatic N) is 2. The van der Waals surface area contributed by atoms with Gasteiger partial charge in [0.2, 0.25) is 5.91 Å². The van der Waals surface area contributed by atoms with E-state index in [2.05, 4.69) is 36.3 Å². The van der Waals surface area contributed by atoms with Gasteiger partial charge in [-0.15, -0.1) is 0 Å². The molecule has 0 aromatic heterocycles. The first-order valence-electron chi connectivity index (χ1n) is 7.17. The van der Waals surface area contributed by atoms with E-state index >= 15 is 0 Å². The van der Waals surface area contributed by atoms with Gasteiger partial charge in [-0.25, -0.2) is 4.79 Å². The number of carbonyl (C=O) groups is 2. The molecule has 2 N–H and O–H groups in total. The summed E-state index contributed by atoms with van der Waals surface area (Å²) in [5.74, 6) is 0.372. The second kappa shape index (κ2) is 6.92. The van der Waals surface area contributed by atoms with E-state index in [4.69, 9.17) is 0 Å². The van der Waals surface area contributed by atoms with Gasteiger partial charge in [-0.2, -0.15) is 0 Å². The average molecular weight is 284 g/mol. The van der Waals surface area contributed by atoms with Gasteiger partial charge in [0.05, 0.1) is 6.54 Å². The third-order valence-electron chi connectivity index (χ3n) is 3.63. The highest BCUT2D eigenvalue weighted by Crippen LogP contribution is 2.23. The zero-order chi connectivity index (χ0) is 15.3. The number of urea groups is 1. The molecule has 1 fully saturated rings. The Morgan fingerprint density at radius 1 is 1.25 bits per heavy atom. The van der Waals surface area contributed by atoms with Crippen molar-refractivity contribution in [3.8, 4) is 0 Å². The van der Waals surface area contributed by atoms with E-state index in [1.807, 2.05) is 0 Å². The zero-order valence-electron chi connectivity index (χ0n) is 13.3. The molecule has 0 aromatic carbocycles. The van der Waals surface area contributed by atoms with E-state index in [0.29, 0.717) is 12.5 Å². The predicted molar refractivity (Wildman–Crippen MR) is 79.5 cm³/mol. The highest BCUT2D eigenvalue weighted by molar-refractivity contribution is 5.83. The van der Waals surface area contributed by atoms with Gasteiger partial charge < -0.3 is 15.5 Å². The normalized spacial score (nSPS) is 19.8. The van der Waals surface area contributed by atoms with Gasteiger partial charge in [-0.1, -0.05) is 0 Å². The minimum absolute atomic E-state index is 0.0344.